The molecule has 0 saturated heterocycles. The van der Waals surface area contributed by atoms with Gasteiger partial charge in [0.1, 0.15) is 17.6 Å². The number of fused-ring (bicyclic) bond motifs is 1. The van der Waals surface area contributed by atoms with Crippen LogP contribution < -0.4 is 10.6 Å². The van der Waals surface area contributed by atoms with E-state index in [-0.39, 0.29) is 28.5 Å². The quantitative estimate of drug-likeness (QED) is 0.553. The number of benzene rings is 1. The number of carbonyl (C=O) groups excluding carboxylic acids is 1. The van der Waals surface area contributed by atoms with Crippen LogP contribution in [0.2, 0.25) is 0 Å². The Hall–Kier alpha value is -3.89. The third-order valence-corrected chi connectivity index (χ3v) is 3.76. The van der Waals surface area contributed by atoms with Crippen molar-refractivity contribution >= 4 is 28.9 Å². The van der Waals surface area contributed by atoms with E-state index in [0.717, 1.165) is 12.1 Å². The van der Waals surface area contributed by atoms with Gasteiger partial charge in [-0.1, -0.05) is 11.2 Å². The molecule has 4 rings (SSSR count). The molecule has 11 heteroatoms. The molecule has 28 heavy (non-hydrogen) atoms. The van der Waals surface area contributed by atoms with Gasteiger partial charge in [0, 0.05) is 18.0 Å². The topological polar surface area (TPSA) is 97.4 Å². The minimum Gasteiger partial charge on any atom is -0.363 e. The molecule has 0 unspecified atom stereocenters. The summed E-state index contributed by atoms with van der Waals surface area (Å²) >= 11 is 0. The fourth-order valence-electron chi connectivity index (χ4n) is 2.48. The summed E-state index contributed by atoms with van der Waals surface area (Å²) in [6, 6.07) is 7.72. The Morgan fingerprint density at radius 1 is 1.14 bits per heavy atom. The average Bonchev–Trinajstić information content (AvgIpc) is 3.30. The van der Waals surface area contributed by atoms with Crippen LogP contribution in [0.5, 0.6) is 0 Å². The summed E-state index contributed by atoms with van der Waals surface area (Å²) in [6.07, 6.45) is -0.287. The highest BCUT2D eigenvalue weighted by Crippen LogP contribution is 2.31. The standard InChI is InChI=1S/C17H11F3N6O2/c18-17(19,20)10-2-1-3-11(8-10)22-13-4-6-26-15(23-13)12(9-21-26)16(27)24-14-5-7-28-25-14/h1-9H,(H,22,23)(H,24,25,27). The number of nitrogens with one attached hydrogen (secondary N) is 2. The lowest BCUT2D eigenvalue weighted by atomic mass is 10.2. The first-order chi connectivity index (χ1) is 13.4. The number of hydrogen-bond donors (Lipinski definition) is 2. The van der Waals surface area contributed by atoms with Crippen molar-refractivity contribution in [3.63, 3.8) is 0 Å². The lowest BCUT2D eigenvalue weighted by molar-refractivity contribution is -0.137. The zero-order valence-electron chi connectivity index (χ0n) is 13.9. The van der Waals surface area contributed by atoms with Gasteiger partial charge in [0.25, 0.3) is 5.91 Å². The molecule has 1 aromatic carbocycles. The van der Waals surface area contributed by atoms with E-state index in [1.54, 1.807) is 0 Å². The molecule has 0 aliphatic rings. The van der Waals surface area contributed by atoms with E-state index in [4.69, 9.17) is 0 Å². The average molecular weight is 388 g/mol. The van der Waals surface area contributed by atoms with Crippen molar-refractivity contribution in [3.05, 3.63) is 66.2 Å². The first kappa shape index (κ1) is 17.5. The summed E-state index contributed by atoms with van der Waals surface area (Å²) in [7, 11) is 0. The van der Waals surface area contributed by atoms with Crippen LogP contribution in [0.25, 0.3) is 5.65 Å². The maximum absolute atomic E-state index is 12.9. The molecule has 8 nitrogen and oxygen atoms in total. The zero-order chi connectivity index (χ0) is 19.7. The molecule has 0 radical (unpaired) electrons. The molecule has 0 fully saturated rings. The number of aromatic nitrogens is 4. The first-order valence-corrected chi connectivity index (χ1v) is 7.90. The summed E-state index contributed by atoms with van der Waals surface area (Å²) in [4.78, 5) is 16.7. The fourth-order valence-corrected chi connectivity index (χ4v) is 2.48. The Bertz CT molecular complexity index is 1140. The van der Waals surface area contributed by atoms with Gasteiger partial charge in [-0.25, -0.2) is 9.50 Å². The van der Waals surface area contributed by atoms with Gasteiger partial charge in [-0.3, -0.25) is 4.79 Å². The Balaban J connectivity index is 1.62. The third-order valence-electron chi connectivity index (χ3n) is 3.76. The van der Waals surface area contributed by atoms with E-state index in [1.165, 1.54) is 47.4 Å². The van der Waals surface area contributed by atoms with E-state index >= 15 is 0 Å². The van der Waals surface area contributed by atoms with Crippen molar-refractivity contribution in [1.29, 1.82) is 0 Å². The number of anilines is 3. The molecule has 2 N–H and O–H groups in total. The van der Waals surface area contributed by atoms with Crippen LogP contribution in [0.3, 0.4) is 0 Å². The maximum Gasteiger partial charge on any atom is 0.416 e. The van der Waals surface area contributed by atoms with Crippen molar-refractivity contribution in [1.82, 2.24) is 19.8 Å². The van der Waals surface area contributed by atoms with Crippen molar-refractivity contribution in [2.45, 2.75) is 6.18 Å². The number of halogens is 3. The van der Waals surface area contributed by atoms with Crippen LogP contribution in [-0.2, 0) is 6.18 Å². The van der Waals surface area contributed by atoms with Crippen LogP contribution >= 0.6 is 0 Å². The normalized spacial score (nSPS) is 11.5. The van der Waals surface area contributed by atoms with Crippen LogP contribution in [0.1, 0.15) is 15.9 Å². The van der Waals surface area contributed by atoms with Gasteiger partial charge in [-0.2, -0.15) is 18.3 Å². The zero-order valence-corrected chi connectivity index (χ0v) is 13.9. The predicted octanol–water partition coefficient (Wildman–Crippen LogP) is 3.73. The number of hydrogen-bond acceptors (Lipinski definition) is 6. The molecule has 0 spiro atoms. The summed E-state index contributed by atoms with van der Waals surface area (Å²) in [6.45, 7) is 0. The molecule has 4 aromatic rings. The monoisotopic (exact) mass is 388 g/mol. The Morgan fingerprint density at radius 2 is 2.00 bits per heavy atom. The third kappa shape index (κ3) is 3.49. The van der Waals surface area contributed by atoms with Gasteiger partial charge in [0.2, 0.25) is 0 Å². The molecule has 1 amide bonds. The van der Waals surface area contributed by atoms with Crippen molar-refractivity contribution < 1.29 is 22.5 Å². The molecule has 0 saturated carbocycles. The number of carbonyl (C=O) groups is 1. The van der Waals surface area contributed by atoms with Crippen molar-refractivity contribution in [3.8, 4) is 0 Å². The molecule has 3 heterocycles. The highest BCUT2D eigenvalue weighted by atomic mass is 19.4. The molecule has 0 atom stereocenters. The Labute approximate surface area is 155 Å². The molecular formula is C17H11F3N6O2. The molecule has 0 aliphatic heterocycles. The SMILES string of the molecule is O=C(Nc1ccon1)c1cnn2ccc(Nc3cccc(C(F)(F)F)c3)nc12. The molecule has 0 bridgehead atoms. The summed E-state index contributed by atoms with van der Waals surface area (Å²) in [5.41, 5.74) is -0.191. The molecule has 3 aromatic heterocycles. The maximum atomic E-state index is 12.9. The van der Waals surface area contributed by atoms with Gasteiger partial charge in [-0.05, 0) is 24.3 Å². The van der Waals surface area contributed by atoms with E-state index in [0.29, 0.717) is 0 Å². The van der Waals surface area contributed by atoms with Gasteiger partial charge in [-0.15, -0.1) is 0 Å². The number of rotatable bonds is 4. The molecule has 0 aliphatic carbocycles. The second-order valence-electron chi connectivity index (χ2n) is 5.68. The van der Waals surface area contributed by atoms with Gasteiger partial charge in [0.05, 0.1) is 11.8 Å². The van der Waals surface area contributed by atoms with E-state index in [9.17, 15) is 18.0 Å². The highest BCUT2D eigenvalue weighted by Gasteiger charge is 2.30. The predicted molar refractivity (Wildman–Crippen MR) is 92.2 cm³/mol. The van der Waals surface area contributed by atoms with Crippen LogP contribution in [0.4, 0.5) is 30.5 Å². The smallest absolute Gasteiger partial charge is 0.363 e. The largest absolute Gasteiger partial charge is 0.416 e. The number of amides is 1. The van der Waals surface area contributed by atoms with Crippen LogP contribution in [0.15, 0.2) is 59.6 Å². The lowest BCUT2D eigenvalue weighted by Crippen LogP contribution is -2.12. The van der Waals surface area contributed by atoms with E-state index in [2.05, 4.69) is 30.4 Å². The molecular weight excluding hydrogens is 377 g/mol. The minimum atomic E-state index is -4.45. The lowest BCUT2D eigenvalue weighted by Gasteiger charge is -2.10. The van der Waals surface area contributed by atoms with Crippen molar-refractivity contribution in [2.24, 2.45) is 0 Å². The van der Waals surface area contributed by atoms with Crippen molar-refractivity contribution in [2.75, 3.05) is 10.6 Å². The summed E-state index contributed by atoms with van der Waals surface area (Å²) < 4.78 is 44.6. The summed E-state index contributed by atoms with van der Waals surface area (Å²) in [5.74, 6) is -0.0296. The van der Waals surface area contributed by atoms with E-state index in [1.807, 2.05) is 0 Å². The second kappa shape index (κ2) is 6.68. The summed E-state index contributed by atoms with van der Waals surface area (Å²) in [5, 5.41) is 13.0. The van der Waals surface area contributed by atoms with Crippen LogP contribution in [-0.4, -0.2) is 25.7 Å². The minimum absolute atomic E-state index is 0.163. The molecule has 142 valence electrons. The number of nitrogens with zero attached hydrogens (tertiary/aromatic N) is 4. The van der Waals surface area contributed by atoms with Crippen LogP contribution in [0, 0.1) is 0 Å². The first-order valence-electron chi connectivity index (χ1n) is 7.90. The highest BCUT2D eigenvalue weighted by molar-refractivity contribution is 6.07. The Kier molecular flexibility index (Phi) is 4.18. The van der Waals surface area contributed by atoms with E-state index < -0.39 is 17.6 Å². The second-order valence-corrected chi connectivity index (χ2v) is 5.68. The Morgan fingerprint density at radius 3 is 2.75 bits per heavy atom. The number of alkyl halides is 3. The van der Waals surface area contributed by atoms with Gasteiger partial charge in [0.15, 0.2) is 11.5 Å². The van der Waals surface area contributed by atoms with Gasteiger partial charge < -0.3 is 15.2 Å². The van der Waals surface area contributed by atoms with Gasteiger partial charge >= 0.3 is 6.18 Å². The fraction of sp³-hybridized carbons (Fsp3) is 0.0588.